The lowest BCUT2D eigenvalue weighted by molar-refractivity contribution is 0.405. The lowest BCUT2D eigenvalue weighted by atomic mass is 11.0. The Hall–Kier alpha value is -1.14. The quantitative estimate of drug-likeness (QED) is 0.514. The molecule has 0 amide bonds. The Morgan fingerprint density at radius 2 is 1.33 bits per heavy atom. The first-order chi connectivity index (χ1) is 6.73. The number of halogens is 1. The molecule has 0 bridgehead atoms. The van der Waals surface area contributed by atoms with Crippen LogP contribution in [-0.2, 0) is 4.57 Å². The van der Waals surface area contributed by atoms with Gasteiger partial charge in [0.1, 0.15) is 0 Å². The zero-order valence-corrected chi connectivity index (χ0v) is 9.39. The minimum absolute atomic E-state index is 0. The van der Waals surface area contributed by atoms with E-state index >= 15 is 0 Å². The molecule has 0 atom stereocenters. The van der Waals surface area contributed by atoms with E-state index in [1.54, 1.807) is 37.4 Å². The van der Waals surface area contributed by atoms with Crippen molar-refractivity contribution in [3.05, 3.63) is 37.4 Å². The molecule has 86 valence electrons. The fourth-order valence-electron chi connectivity index (χ4n) is 0.430. The predicted octanol–water partition coefficient (Wildman–Crippen LogP) is 0.602. The highest BCUT2D eigenvalue weighted by atomic mass is 35.5. The molecule has 2 aromatic rings. The zero-order valence-electron chi connectivity index (χ0n) is 7.57. The Balaban J connectivity index is 0. The van der Waals surface area contributed by atoms with Crippen molar-refractivity contribution in [2.75, 3.05) is 0 Å². The maximum Gasteiger partial charge on any atom is 0.314 e. The summed E-state index contributed by atoms with van der Waals surface area (Å²) in [7, 11) is -3.13. The van der Waals surface area contributed by atoms with Gasteiger partial charge >= 0.3 is 8.25 Å². The maximum atomic E-state index is 8.74. The van der Waals surface area contributed by atoms with Gasteiger partial charge in [0, 0.05) is 24.8 Å². The topological polar surface area (TPSA) is 115 Å². The molecule has 2 heterocycles. The number of hydrogen-bond donors (Lipinski definition) is 4. The van der Waals surface area contributed by atoms with Gasteiger partial charge in [0.15, 0.2) is 0 Å². The Morgan fingerprint density at radius 1 is 1.00 bits per heavy atom. The van der Waals surface area contributed by atoms with Gasteiger partial charge in [-0.2, -0.15) is 0 Å². The van der Waals surface area contributed by atoms with E-state index < -0.39 is 8.25 Å². The smallest absolute Gasteiger partial charge is 0.314 e. The molecule has 2 aromatic heterocycles. The minimum atomic E-state index is -3.13. The number of hydrogen-bond acceptors (Lipinski definition) is 3. The zero-order chi connectivity index (χ0) is 10.6. The summed E-state index contributed by atoms with van der Waals surface area (Å²) in [6.07, 6.45) is 10.2. The Kier molecular flexibility index (Phi) is 14.0. The molecule has 0 fully saturated rings. The van der Waals surface area contributed by atoms with Crippen molar-refractivity contribution in [1.29, 1.82) is 0 Å². The molecule has 0 aliphatic rings. The third-order valence-corrected chi connectivity index (χ3v) is 0.812. The number of aromatic amines is 2. The summed E-state index contributed by atoms with van der Waals surface area (Å²) in [5.74, 6) is 0. The minimum Gasteiger partial charge on any atom is -0.351 e. The molecule has 0 aliphatic heterocycles. The second kappa shape index (κ2) is 12.9. The largest absolute Gasteiger partial charge is 0.351 e. The first-order valence-electron chi connectivity index (χ1n) is 3.51. The van der Waals surface area contributed by atoms with Crippen LogP contribution in [0.25, 0.3) is 0 Å². The van der Waals surface area contributed by atoms with Crippen LogP contribution in [0, 0.1) is 0 Å². The number of nitrogens with zero attached hydrogens (tertiary/aromatic N) is 2. The van der Waals surface area contributed by atoms with Gasteiger partial charge in [0.05, 0.1) is 12.7 Å². The summed E-state index contributed by atoms with van der Waals surface area (Å²) in [6, 6.07) is 0. The Bertz CT molecular complexity index is 237. The van der Waals surface area contributed by atoms with Crippen LogP contribution in [0.3, 0.4) is 0 Å². The summed E-state index contributed by atoms with van der Waals surface area (Å²) >= 11 is 0. The summed E-state index contributed by atoms with van der Waals surface area (Å²) in [5.41, 5.74) is 0. The highest BCUT2D eigenvalue weighted by Crippen LogP contribution is 1.98. The second-order valence-electron chi connectivity index (χ2n) is 1.80. The highest BCUT2D eigenvalue weighted by molar-refractivity contribution is 7.30. The highest BCUT2D eigenvalue weighted by Gasteiger charge is 1.61. The second-order valence-corrected chi connectivity index (χ2v) is 2.37. The molecule has 0 aromatic carbocycles. The predicted molar refractivity (Wildman–Crippen MR) is 57.9 cm³/mol. The van der Waals surface area contributed by atoms with Crippen molar-refractivity contribution in [1.82, 2.24) is 19.9 Å². The van der Waals surface area contributed by atoms with E-state index in [0.717, 1.165) is 0 Å². The van der Waals surface area contributed by atoms with Crippen molar-refractivity contribution in [2.24, 2.45) is 0 Å². The van der Waals surface area contributed by atoms with E-state index in [2.05, 4.69) is 19.9 Å². The summed E-state index contributed by atoms with van der Waals surface area (Å²) < 4.78 is 8.74. The standard InChI is InChI=1S/2C3H4N2.ClH.H3O3P/c2*1-2-5-3-4-1;;1-4(2)3/h2*1-3H,(H,4,5);1H;4H,(H2,1,2,3). The Labute approximate surface area is 93.0 Å². The van der Waals surface area contributed by atoms with Gasteiger partial charge in [-0.3, -0.25) is 4.57 Å². The molecule has 15 heavy (non-hydrogen) atoms. The molecule has 0 spiro atoms. The monoisotopic (exact) mass is 254 g/mol. The first-order valence-corrected chi connectivity index (χ1v) is 4.81. The molecular weight excluding hydrogens is 243 g/mol. The van der Waals surface area contributed by atoms with Gasteiger partial charge < -0.3 is 19.8 Å². The van der Waals surface area contributed by atoms with Crippen LogP contribution >= 0.6 is 20.7 Å². The summed E-state index contributed by atoms with van der Waals surface area (Å²) in [6.45, 7) is 0. The summed E-state index contributed by atoms with van der Waals surface area (Å²) in [5, 5.41) is 0. The van der Waals surface area contributed by atoms with E-state index in [4.69, 9.17) is 14.4 Å². The van der Waals surface area contributed by atoms with E-state index in [1.807, 2.05) is 0 Å². The maximum absolute atomic E-state index is 8.74. The van der Waals surface area contributed by atoms with Crippen molar-refractivity contribution in [3.8, 4) is 0 Å². The molecule has 0 saturated carbocycles. The molecule has 7 nitrogen and oxygen atoms in total. The third-order valence-electron chi connectivity index (χ3n) is 0.812. The average Bonchev–Trinajstić information content (AvgIpc) is 2.83. The number of imidazole rings is 2. The van der Waals surface area contributed by atoms with Crippen molar-refractivity contribution >= 4 is 20.7 Å². The van der Waals surface area contributed by atoms with Gasteiger partial charge in [-0.25, -0.2) is 9.97 Å². The molecular formula is C6H12ClN4O3P. The molecule has 0 unspecified atom stereocenters. The fraction of sp³-hybridized carbons (Fsp3) is 0. The Morgan fingerprint density at radius 3 is 1.40 bits per heavy atom. The van der Waals surface area contributed by atoms with Crippen LogP contribution < -0.4 is 0 Å². The van der Waals surface area contributed by atoms with Gasteiger partial charge in [0.2, 0.25) is 0 Å². The number of nitrogens with one attached hydrogen (secondary N) is 2. The lowest BCUT2D eigenvalue weighted by Crippen LogP contribution is -1.44. The van der Waals surface area contributed by atoms with Crippen LogP contribution in [0.2, 0.25) is 0 Å². The number of H-pyrrole nitrogens is 2. The fourth-order valence-corrected chi connectivity index (χ4v) is 0.430. The molecule has 0 aliphatic carbocycles. The van der Waals surface area contributed by atoms with Crippen LogP contribution in [0.5, 0.6) is 0 Å². The third kappa shape index (κ3) is 19.3. The van der Waals surface area contributed by atoms with Crippen LogP contribution in [0.4, 0.5) is 0 Å². The average molecular weight is 255 g/mol. The normalized spacial score (nSPS) is 7.67. The number of aromatic nitrogens is 4. The molecule has 2 rings (SSSR count). The molecule has 4 N–H and O–H groups in total. The van der Waals surface area contributed by atoms with Crippen LogP contribution in [0.1, 0.15) is 0 Å². The van der Waals surface area contributed by atoms with Crippen LogP contribution in [0.15, 0.2) is 37.4 Å². The SMILES string of the molecule is Cl.O=[PH](O)O.c1c[nH]cn1.c1c[nH]cn1. The molecule has 0 saturated heterocycles. The first kappa shape index (κ1) is 16.3. The molecule has 0 radical (unpaired) electrons. The number of rotatable bonds is 0. The van der Waals surface area contributed by atoms with Crippen LogP contribution in [-0.4, -0.2) is 29.7 Å². The van der Waals surface area contributed by atoms with Crippen molar-refractivity contribution in [3.63, 3.8) is 0 Å². The van der Waals surface area contributed by atoms with Crippen molar-refractivity contribution in [2.45, 2.75) is 0 Å². The van der Waals surface area contributed by atoms with E-state index in [-0.39, 0.29) is 12.4 Å². The van der Waals surface area contributed by atoms with E-state index in [9.17, 15) is 0 Å². The van der Waals surface area contributed by atoms with Crippen molar-refractivity contribution < 1.29 is 14.4 Å². The summed E-state index contributed by atoms with van der Waals surface area (Å²) in [4.78, 5) is 27.1. The molecule has 9 heteroatoms. The van der Waals surface area contributed by atoms with Gasteiger partial charge in [-0.05, 0) is 0 Å². The van der Waals surface area contributed by atoms with E-state index in [0.29, 0.717) is 0 Å². The van der Waals surface area contributed by atoms with E-state index in [1.165, 1.54) is 0 Å². The van der Waals surface area contributed by atoms with Gasteiger partial charge in [-0.1, -0.05) is 0 Å². The van der Waals surface area contributed by atoms with Gasteiger partial charge in [0.25, 0.3) is 0 Å². The lowest BCUT2D eigenvalue weighted by Gasteiger charge is -1.61. The van der Waals surface area contributed by atoms with Gasteiger partial charge in [-0.15, -0.1) is 12.4 Å².